The number of amides is 3. The largest absolute Gasteiger partial charge is 0.497 e. The standard InChI is InChI=1S/C38H49F3N4O6/c1-25-21-45(26(2)24-46)36(47)33-20-31(43-37(48)42-30-13-11-29(12-14-30)38(39,40)41)15-18-34(33)51-27(3)8-6-7-19-50-35(25)23-44(4)22-28-9-16-32(49-5)17-10-28/h9-18,20,25-27,35,46H,6-8,19,21-24H2,1-5H3,(H2,42,43,48)/t25-,26+,27+,35+/m0/s1. The molecular weight excluding hydrogens is 665 g/mol. The van der Waals surface area contributed by atoms with Crippen molar-refractivity contribution in [2.24, 2.45) is 5.92 Å². The van der Waals surface area contributed by atoms with Gasteiger partial charge in [0.1, 0.15) is 11.5 Å². The molecule has 0 fully saturated rings. The third kappa shape index (κ3) is 11.6. The number of hydrogen-bond acceptors (Lipinski definition) is 7. The van der Waals surface area contributed by atoms with Gasteiger partial charge in [0.2, 0.25) is 0 Å². The van der Waals surface area contributed by atoms with E-state index in [4.69, 9.17) is 14.2 Å². The molecule has 0 aromatic heterocycles. The number of nitrogens with one attached hydrogen (secondary N) is 2. The first kappa shape index (κ1) is 39.5. The smallest absolute Gasteiger partial charge is 0.416 e. The normalized spacial score (nSPS) is 19.8. The summed E-state index contributed by atoms with van der Waals surface area (Å²) in [5, 5.41) is 15.4. The minimum Gasteiger partial charge on any atom is -0.497 e. The predicted molar refractivity (Wildman–Crippen MR) is 190 cm³/mol. The molecule has 0 unspecified atom stereocenters. The van der Waals surface area contributed by atoms with Gasteiger partial charge in [0.05, 0.1) is 43.1 Å². The number of ether oxygens (including phenoxy) is 3. The number of fused-ring (bicyclic) bond motifs is 1. The van der Waals surface area contributed by atoms with Gasteiger partial charge in [0.25, 0.3) is 5.91 Å². The van der Waals surface area contributed by atoms with E-state index in [0.717, 1.165) is 54.8 Å². The summed E-state index contributed by atoms with van der Waals surface area (Å²) in [4.78, 5) is 31.0. The SMILES string of the molecule is COc1ccc(CN(C)C[C@H]2OCCCC[C@@H](C)Oc3ccc(NC(=O)Nc4ccc(C(F)(F)F)cc4)cc3C(=O)N([C@H](C)CO)C[C@@H]2C)cc1. The van der Waals surface area contributed by atoms with E-state index >= 15 is 0 Å². The zero-order valence-electron chi connectivity index (χ0n) is 29.8. The number of halogens is 3. The fourth-order valence-corrected chi connectivity index (χ4v) is 5.91. The number of nitrogens with zero attached hydrogens (tertiary/aromatic N) is 2. The van der Waals surface area contributed by atoms with Crippen LogP contribution in [0.3, 0.4) is 0 Å². The lowest BCUT2D eigenvalue weighted by molar-refractivity contribution is -0.137. The summed E-state index contributed by atoms with van der Waals surface area (Å²) < 4.78 is 56.9. The lowest BCUT2D eigenvalue weighted by Gasteiger charge is -2.36. The number of alkyl halides is 3. The van der Waals surface area contributed by atoms with Crippen LogP contribution in [0.5, 0.6) is 11.5 Å². The van der Waals surface area contributed by atoms with E-state index in [1.807, 2.05) is 45.2 Å². The molecule has 3 amide bonds. The molecule has 0 saturated heterocycles. The van der Waals surface area contributed by atoms with Crippen LogP contribution >= 0.6 is 0 Å². The molecule has 0 bridgehead atoms. The quantitative estimate of drug-likeness (QED) is 0.214. The average molecular weight is 715 g/mol. The van der Waals surface area contributed by atoms with Crippen LogP contribution < -0.4 is 20.1 Å². The summed E-state index contributed by atoms with van der Waals surface area (Å²) in [7, 11) is 3.66. The van der Waals surface area contributed by atoms with E-state index in [-0.39, 0.29) is 54.1 Å². The van der Waals surface area contributed by atoms with Crippen molar-refractivity contribution in [2.45, 2.75) is 71.0 Å². The van der Waals surface area contributed by atoms with Gasteiger partial charge in [-0.2, -0.15) is 13.2 Å². The van der Waals surface area contributed by atoms with E-state index in [0.29, 0.717) is 25.4 Å². The van der Waals surface area contributed by atoms with E-state index in [9.17, 15) is 27.9 Å². The number of aliphatic hydroxyl groups excluding tert-OH is 1. The number of anilines is 2. The maximum Gasteiger partial charge on any atom is 0.416 e. The number of carbonyl (C=O) groups is 2. The van der Waals surface area contributed by atoms with Gasteiger partial charge in [-0.05, 0) is 100 Å². The molecule has 4 rings (SSSR count). The molecule has 1 heterocycles. The van der Waals surface area contributed by atoms with Crippen LogP contribution in [-0.4, -0.2) is 85.6 Å². The molecule has 3 aromatic carbocycles. The summed E-state index contributed by atoms with van der Waals surface area (Å²) in [6.07, 6.45) is -2.53. The molecule has 0 aliphatic carbocycles. The summed E-state index contributed by atoms with van der Waals surface area (Å²) in [6.45, 7) is 7.59. The second-order valence-corrected chi connectivity index (χ2v) is 13.2. The number of hydrogen-bond donors (Lipinski definition) is 3. The Morgan fingerprint density at radius 2 is 1.71 bits per heavy atom. The van der Waals surface area contributed by atoms with Crippen molar-refractivity contribution in [2.75, 3.05) is 51.1 Å². The fourth-order valence-electron chi connectivity index (χ4n) is 5.91. The average Bonchev–Trinajstić information content (AvgIpc) is 3.09. The lowest BCUT2D eigenvalue weighted by atomic mass is 10.0. The molecule has 1 aliphatic heterocycles. The van der Waals surface area contributed by atoms with Gasteiger partial charge in [-0.1, -0.05) is 19.1 Å². The molecule has 3 aromatic rings. The lowest BCUT2D eigenvalue weighted by Crippen LogP contribution is -2.47. The van der Waals surface area contributed by atoms with Crippen molar-refractivity contribution in [1.29, 1.82) is 0 Å². The topological polar surface area (TPSA) is 113 Å². The Bertz CT molecular complexity index is 1570. The molecule has 13 heteroatoms. The van der Waals surface area contributed by atoms with Crippen molar-refractivity contribution < 1.29 is 42.1 Å². The van der Waals surface area contributed by atoms with Gasteiger partial charge in [-0.15, -0.1) is 0 Å². The first-order chi connectivity index (χ1) is 24.3. The molecule has 3 N–H and O–H groups in total. The molecule has 278 valence electrons. The van der Waals surface area contributed by atoms with E-state index < -0.39 is 23.8 Å². The zero-order valence-corrected chi connectivity index (χ0v) is 29.8. The second-order valence-electron chi connectivity index (χ2n) is 13.2. The Morgan fingerprint density at radius 1 is 1.04 bits per heavy atom. The maximum absolute atomic E-state index is 14.4. The zero-order chi connectivity index (χ0) is 37.1. The number of urea groups is 1. The molecule has 0 radical (unpaired) electrons. The molecule has 51 heavy (non-hydrogen) atoms. The predicted octanol–water partition coefficient (Wildman–Crippen LogP) is 7.29. The third-order valence-corrected chi connectivity index (χ3v) is 8.88. The number of benzene rings is 3. The van der Waals surface area contributed by atoms with Crippen LogP contribution in [-0.2, 0) is 17.5 Å². The molecule has 10 nitrogen and oxygen atoms in total. The van der Waals surface area contributed by atoms with Crippen LogP contribution in [0.2, 0.25) is 0 Å². The van der Waals surface area contributed by atoms with E-state index in [2.05, 4.69) is 15.5 Å². The number of rotatable bonds is 9. The van der Waals surface area contributed by atoms with Crippen LogP contribution in [0.25, 0.3) is 0 Å². The van der Waals surface area contributed by atoms with Crippen molar-refractivity contribution in [3.63, 3.8) is 0 Å². The van der Waals surface area contributed by atoms with Gasteiger partial charge >= 0.3 is 12.2 Å². The van der Waals surface area contributed by atoms with Gasteiger partial charge in [-0.3, -0.25) is 9.69 Å². The van der Waals surface area contributed by atoms with Gasteiger partial charge in [-0.25, -0.2) is 4.79 Å². The number of likely N-dealkylation sites (N-methyl/N-ethyl adjacent to an activating group) is 1. The maximum atomic E-state index is 14.4. The Labute approximate surface area is 297 Å². The highest BCUT2D eigenvalue weighted by Crippen LogP contribution is 2.31. The molecule has 0 spiro atoms. The van der Waals surface area contributed by atoms with Crippen LogP contribution in [0, 0.1) is 5.92 Å². The molecule has 0 saturated carbocycles. The van der Waals surface area contributed by atoms with Crippen LogP contribution in [0.15, 0.2) is 66.7 Å². The fraction of sp³-hybridized carbons (Fsp3) is 0.474. The summed E-state index contributed by atoms with van der Waals surface area (Å²) in [5.74, 6) is 0.619. The van der Waals surface area contributed by atoms with Gasteiger partial charge in [0, 0.05) is 43.5 Å². The Kier molecular flexibility index (Phi) is 14.1. The molecule has 4 atom stereocenters. The molecule has 1 aliphatic rings. The minimum absolute atomic E-state index is 0.122. The first-order valence-corrected chi connectivity index (χ1v) is 17.2. The summed E-state index contributed by atoms with van der Waals surface area (Å²) >= 11 is 0. The highest BCUT2D eigenvalue weighted by molar-refractivity contribution is 6.02. The van der Waals surface area contributed by atoms with E-state index in [1.54, 1.807) is 31.1 Å². The summed E-state index contributed by atoms with van der Waals surface area (Å²) in [6, 6.07) is 15.5. The van der Waals surface area contributed by atoms with Crippen molar-refractivity contribution in [3.05, 3.63) is 83.4 Å². The van der Waals surface area contributed by atoms with Crippen molar-refractivity contribution in [1.82, 2.24) is 9.80 Å². The number of aliphatic hydroxyl groups is 1. The summed E-state index contributed by atoms with van der Waals surface area (Å²) in [5.41, 5.74) is 0.931. The van der Waals surface area contributed by atoms with Gasteiger partial charge < -0.3 is 34.9 Å². The first-order valence-electron chi connectivity index (χ1n) is 17.2. The Hall–Kier alpha value is -4.33. The number of carbonyl (C=O) groups excluding carboxylic acids is 2. The highest BCUT2D eigenvalue weighted by Gasteiger charge is 2.31. The van der Waals surface area contributed by atoms with E-state index in [1.165, 1.54) is 6.07 Å². The van der Waals surface area contributed by atoms with Crippen molar-refractivity contribution in [3.8, 4) is 11.5 Å². The second kappa shape index (κ2) is 18.2. The Balaban J connectivity index is 1.56. The third-order valence-electron chi connectivity index (χ3n) is 8.88. The van der Waals surface area contributed by atoms with Gasteiger partial charge in [0.15, 0.2) is 0 Å². The minimum atomic E-state index is -4.50. The van der Waals surface area contributed by atoms with Crippen molar-refractivity contribution >= 4 is 23.3 Å². The van der Waals surface area contributed by atoms with Crippen LogP contribution in [0.1, 0.15) is 61.5 Å². The monoisotopic (exact) mass is 714 g/mol. The highest BCUT2D eigenvalue weighted by atomic mass is 19.4. The van der Waals surface area contributed by atoms with Crippen LogP contribution in [0.4, 0.5) is 29.3 Å². The Morgan fingerprint density at radius 3 is 2.35 bits per heavy atom. The molecular formula is C38H49F3N4O6. The number of methoxy groups -OCH3 is 1.